The summed E-state index contributed by atoms with van der Waals surface area (Å²) < 4.78 is 0. The van der Waals surface area contributed by atoms with E-state index >= 15 is 0 Å². The molecule has 3 heteroatoms. The number of hydrogen-bond donors (Lipinski definition) is 1. The Morgan fingerprint density at radius 3 is 2.58 bits per heavy atom. The normalized spacial score (nSPS) is 33.2. The topological polar surface area (TPSA) is 40.5 Å². The lowest BCUT2D eigenvalue weighted by molar-refractivity contribution is -0.140. The Bertz CT molecular complexity index is 299. The fourth-order valence-corrected chi connectivity index (χ4v) is 4.24. The molecule has 1 saturated heterocycles. The second kappa shape index (κ2) is 6.74. The fraction of sp³-hybridized carbons (Fsp3) is 0.938. The maximum absolute atomic E-state index is 11.3. The summed E-state index contributed by atoms with van der Waals surface area (Å²) in [7, 11) is 0. The van der Waals surface area contributed by atoms with E-state index in [1.807, 2.05) is 0 Å². The van der Waals surface area contributed by atoms with Gasteiger partial charge < -0.3 is 5.11 Å². The number of carboxylic acid groups (broad SMARTS) is 1. The van der Waals surface area contributed by atoms with E-state index in [9.17, 15) is 9.90 Å². The molecule has 1 N–H and O–H groups in total. The number of nitrogens with zero attached hydrogens (tertiary/aromatic N) is 1. The third-order valence-electron chi connectivity index (χ3n) is 5.23. The molecule has 0 amide bonds. The van der Waals surface area contributed by atoms with Gasteiger partial charge in [-0.05, 0) is 51.1 Å². The van der Waals surface area contributed by atoms with E-state index in [0.717, 1.165) is 31.8 Å². The van der Waals surface area contributed by atoms with E-state index in [1.54, 1.807) is 0 Å². The summed E-state index contributed by atoms with van der Waals surface area (Å²) in [6.07, 6.45) is 11.4. The number of hydrogen-bond acceptors (Lipinski definition) is 2. The first-order chi connectivity index (χ1) is 9.16. The highest BCUT2D eigenvalue weighted by molar-refractivity contribution is 5.68. The molecule has 2 fully saturated rings. The summed E-state index contributed by atoms with van der Waals surface area (Å²) in [5.74, 6) is 0.226. The zero-order valence-electron chi connectivity index (χ0n) is 12.4. The number of aliphatic carboxylic acids is 1. The van der Waals surface area contributed by atoms with E-state index in [0.29, 0.717) is 6.42 Å². The van der Waals surface area contributed by atoms with Gasteiger partial charge in [0.2, 0.25) is 0 Å². The van der Waals surface area contributed by atoms with Gasteiger partial charge in [-0.15, -0.1) is 0 Å². The molecule has 0 aromatic heterocycles. The predicted molar refractivity (Wildman–Crippen MR) is 77.3 cm³/mol. The molecule has 1 saturated carbocycles. The van der Waals surface area contributed by atoms with E-state index < -0.39 is 5.97 Å². The number of likely N-dealkylation sites (tertiary alicyclic amines) is 1. The van der Waals surface area contributed by atoms with Crippen LogP contribution >= 0.6 is 0 Å². The van der Waals surface area contributed by atoms with Crippen LogP contribution in [-0.4, -0.2) is 34.6 Å². The monoisotopic (exact) mass is 267 g/mol. The third-order valence-corrected chi connectivity index (χ3v) is 5.23. The first kappa shape index (κ1) is 14.8. The Balaban J connectivity index is 2.06. The highest BCUT2D eigenvalue weighted by atomic mass is 16.4. The van der Waals surface area contributed by atoms with Crippen molar-refractivity contribution >= 4 is 5.97 Å². The second-order valence-electron chi connectivity index (χ2n) is 6.57. The van der Waals surface area contributed by atoms with Crippen molar-refractivity contribution < 1.29 is 9.90 Å². The molecule has 3 nitrogen and oxygen atoms in total. The quantitative estimate of drug-likeness (QED) is 0.773. The molecule has 19 heavy (non-hydrogen) atoms. The van der Waals surface area contributed by atoms with Crippen LogP contribution < -0.4 is 0 Å². The van der Waals surface area contributed by atoms with Gasteiger partial charge in [-0.1, -0.05) is 32.6 Å². The zero-order chi connectivity index (χ0) is 13.7. The molecule has 1 heterocycles. The van der Waals surface area contributed by atoms with Crippen LogP contribution in [0.5, 0.6) is 0 Å². The molecule has 1 aliphatic heterocycles. The van der Waals surface area contributed by atoms with Crippen LogP contribution in [0.15, 0.2) is 0 Å². The fourth-order valence-electron chi connectivity index (χ4n) is 4.24. The zero-order valence-corrected chi connectivity index (χ0v) is 12.4. The summed E-state index contributed by atoms with van der Waals surface area (Å²) in [6, 6.07) is 0. The van der Waals surface area contributed by atoms with Gasteiger partial charge in [0, 0.05) is 5.54 Å². The number of carboxylic acids is 1. The van der Waals surface area contributed by atoms with E-state index in [4.69, 9.17) is 0 Å². The van der Waals surface area contributed by atoms with Crippen molar-refractivity contribution in [3.8, 4) is 0 Å². The average Bonchev–Trinajstić information content (AvgIpc) is 2.82. The smallest absolute Gasteiger partial charge is 0.305 e. The van der Waals surface area contributed by atoms with Crippen molar-refractivity contribution in [2.24, 2.45) is 5.92 Å². The first-order valence-electron chi connectivity index (χ1n) is 8.13. The number of rotatable bonds is 5. The van der Waals surface area contributed by atoms with Crippen LogP contribution in [0.2, 0.25) is 0 Å². The minimum Gasteiger partial charge on any atom is -0.481 e. The minimum absolute atomic E-state index is 0.0230. The lowest BCUT2D eigenvalue weighted by atomic mass is 9.84. The molecule has 2 unspecified atom stereocenters. The Hall–Kier alpha value is -0.570. The van der Waals surface area contributed by atoms with Crippen molar-refractivity contribution in [2.45, 2.75) is 76.7 Å². The van der Waals surface area contributed by atoms with Gasteiger partial charge in [0.1, 0.15) is 0 Å². The molecule has 0 aromatic carbocycles. The lowest BCUT2D eigenvalue weighted by Crippen LogP contribution is -2.48. The SMILES string of the molecule is CCCC1CCCC(CC(=O)O)(N2CCCC2)CC1. The molecular weight excluding hydrogens is 238 g/mol. The Morgan fingerprint density at radius 2 is 1.95 bits per heavy atom. The highest BCUT2D eigenvalue weighted by Gasteiger charge is 2.41. The van der Waals surface area contributed by atoms with Gasteiger partial charge in [-0.3, -0.25) is 9.69 Å². The van der Waals surface area contributed by atoms with Crippen molar-refractivity contribution in [1.82, 2.24) is 4.90 Å². The van der Waals surface area contributed by atoms with Gasteiger partial charge in [0.05, 0.1) is 6.42 Å². The van der Waals surface area contributed by atoms with Crippen molar-refractivity contribution in [1.29, 1.82) is 0 Å². The standard InChI is InChI=1S/C16H29NO2/c1-2-6-14-7-5-9-16(10-8-14,13-15(18)19)17-11-3-4-12-17/h14H,2-13H2,1H3,(H,18,19). The van der Waals surface area contributed by atoms with Crippen LogP contribution in [0.25, 0.3) is 0 Å². The maximum atomic E-state index is 11.3. The second-order valence-corrected chi connectivity index (χ2v) is 6.57. The average molecular weight is 267 g/mol. The Morgan fingerprint density at radius 1 is 1.21 bits per heavy atom. The molecule has 110 valence electrons. The van der Waals surface area contributed by atoms with E-state index in [-0.39, 0.29) is 5.54 Å². The predicted octanol–water partition coefficient (Wildman–Crippen LogP) is 3.68. The van der Waals surface area contributed by atoms with Gasteiger partial charge in [0.25, 0.3) is 0 Å². The van der Waals surface area contributed by atoms with Crippen LogP contribution in [0.1, 0.15) is 71.1 Å². The molecular formula is C16H29NO2. The lowest BCUT2D eigenvalue weighted by Gasteiger charge is -2.40. The molecule has 0 aromatic rings. The van der Waals surface area contributed by atoms with Crippen LogP contribution in [-0.2, 0) is 4.79 Å². The van der Waals surface area contributed by atoms with Gasteiger partial charge in [-0.2, -0.15) is 0 Å². The number of carbonyl (C=O) groups is 1. The minimum atomic E-state index is -0.610. The highest BCUT2D eigenvalue weighted by Crippen LogP contribution is 2.40. The summed E-state index contributed by atoms with van der Waals surface area (Å²) in [4.78, 5) is 13.8. The van der Waals surface area contributed by atoms with Crippen molar-refractivity contribution in [3.63, 3.8) is 0 Å². The summed E-state index contributed by atoms with van der Waals surface area (Å²) in [5.41, 5.74) is -0.0230. The molecule has 0 bridgehead atoms. The molecule has 0 spiro atoms. The van der Waals surface area contributed by atoms with E-state index in [1.165, 1.54) is 44.9 Å². The van der Waals surface area contributed by atoms with Crippen LogP contribution in [0.3, 0.4) is 0 Å². The largest absolute Gasteiger partial charge is 0.481 e. The summed E-state index contributed by atoms with van der Waals surface area (Å²) in [6.45, 7) is 4.49. The van der Waals surface area contributed by atoms with Crippen LogP contribution in [0.4, 0.5) is 0 Å². The molecule has 1 aliphatic carbocycles. The summed E-state index contributed by atoms with van der Waals surface area (Å²) >= 11 is 0. The van der Waals surface area contributed by atoms with Crippen molar-refractivity contribution in [2.75, 3.05) is 13.1 Å². The first-order valence-corrected chi connectivity index (χ1v) is 8.13. The Kier molecular flexibility index (Phi) is 5.26. The third kappa shape index (κ3) is 3.71. The molecule has 2 rings (SSSR count). The van der Waals surface area contributed by atoms with Gasteiger partial charge in [0.15, 0.2) is 0 Å². The summed E-state index contributed by atoms with van der Waals surface area (Å²) in [5, 5.41) is 9.33. The molecule has 2 atom stereocenters. The van der Waals surface area contributed by atoms with Gasteiger partial charge in [-0.25, -0.2) is 0 Å². The van der Waals surface area contributed by atoms with E-state index in [2.05, 4.69) is 11.8 Å². The molecule has 2 aliphatic rings. The van der Waals surface area contributed by atoms with Gasteiger partial charge >= 0.3 is 5.97 Å². The van der Waals surface area contributed by atoms with Crippen molar-refractivity contribution in [3.05, 3.63) is 0 Å². The molecule has 0 radical (unpaired) electrons. The van der Waals surface area contributed by atoms with Crippen LogP contribution in [0, 0.1) is 5.92 Å². The Labute approximate surface area is 117 Å². The maximum Gasteiger partial charge on any atom is 0.305 e.